The van der Waals surface area contributed by atoms with Crippen molar-refractivity contribution in [1.29, 1.82) is 5.41 Å². The van der Waals surface area contributed by atoms with Gasteiger partial charge in [-0.3, -0.25) is 5.41 Å². The van der Waals surface area contributed by atoms with E-state index >= 15 is 0 Å². The van der Waals surface area contributed by atoms with Gasteiger partial charge >= 0.3 is 0 Å². The fourth-order valence-electron chi connectivity index (χ4n) is 1.69. The van der Waals surface area contributed by atoms with E-state index in [4.69, 9.17) is 15.9 Å². The van der Waals surface area contributed by atoms with Crippen LogP contribution in [-0.4, -0.2) is 12.4 Å². The summed E-state index contributed by atoms with van der Waals surface area (Å²) >= 11 is 0. The molecule has 2 aromatic rings. The fraction of sp³-hybridized carbons (Fsp3) is 0.133. The number of nitrogens with two attached hydrogens (primary N) is 1. The molecule has 3 nitrogen and oxygen atoms in total. The molecule has 3 heteroatoms. The number of nitrogens with one attached hydrogen (secondary N) is 1. The third-order valence-corrected chi connectivity index (χ3v) is 2.60. The van der Waals surface area contributed by atoms with Crippen LogP contribution in [0.4, 0.5) is 0 Å². The van der Waals surface area contributed by atoms with Crippen LogP contribution in [0.15, 0.2) is 54.6 Å². The van der Waals surface area contributed by atoms with E-state index in [0.29, 0.717) is 5.75 Å². The second-order valence-corrected chi connectivity index (χ2v) is 4.04. The van der Waals surface area contributed by atoms with E-state index in [0.717, 1.165) is 6.42 Å². The molecule has 0 fully saturated rings. The van der Waals surface area contributed by atoms with E-state index in [2.05, 4.69) is 12.1 Å². The molecule has 0 radical (unpaired) electrons. The molecule has 0 spiro atoms. The van der Waals surface area contributed by atoms with Crippen molar-refractivity contribution in [2.24, 2.45) is 5.73 Å². The first-order valence-corrected chi connectivity index (χ1v) is 5.86. The van der Waals surface area contributed by atoms with Gasteiger partial charge in [0.1, 0.15) is 5.75 Å². The Morgan fingerprint density at radius 2 is 1.56 bits per heavy atom. The summed E-state index contributed by atoms with van der Waals surface area (Å²) in [5.41, 5.74) is 7.80. The maximum atomic E-state index is 7.36. The van der Waals surface area contributed by atoms with Crippen LogP contribution in [-0.2, 0) is 6.42 Å². The van der Waals surface area contributed by atoms with Crippen molar-refractivity contribution in [3.63, 3.8) is 0 Å². The molecule has 18 heavy (non-hydrogen) atoms. The van der Waals surface area contributed by atoms with E-state index in [-0.39, 0.29) is 12.4 Å². The van der Waals surface area contributed by atoms with Gasteiger partial charge in [0.25, 0.3) is 0 Å². The average Bonchev–Trinajstić information content (AvgIpc) is 2.42. The van der Waals surface area contributed by atoms with Crippen molar-refractivity contribution >= 4 is 5.90 Å². The van der Waals surface area contributed by atoms with Gasteiger partial charge in [-0.15, -0.1) is 0 Å². The Morgan fingerprint density at radius 1 is 0.944 bits per heavy atom. The van der Waals surface area contributed by atoms with Crippen LogP contribution >= 0.6 is 0 Å². The van der Waals surface area contributed by atoms with E-state index in [9.17, 15) is 0 Å². The zero-order chi connectivity index (χ0) is 12.8. The molecule has 0 aromatic heterocycles. The molecule has 92 valence electrons. The molecule has 0 aliphatic carbocycles. The lowest BCUT2D eigenvalue weighted by Gasteiger charge is -2.06. The maximum absolute atomic E-state index is 7.36. The number of hydrogen-bond acceptors (Lipinski definition) is 3. The van der Waals surface area contributed by atoms with Gasteiger partial charge in [-0.2, -0.15) is 0 Å². The quantitative estimate of drug-likeness (QED) is 0.637. The van der Waals surface area contributed by atoms with Gasteiger partial charge in [-0.25, -0.2) is 0 Å². The number of benzene rings is 2. The van der Waals surface area contributed by atoms with Crippen molar-refractivity contribution in [2.45, 2.75) is 6.42 Å². The second kappa shape index (κ2) is 5.98. The SMILES string of the molecule is N=C(CN)Oc1ccc(Cc2ccccc2)cc1. The minimum atomic E-state index is 0.0748. The molecular formula is C15H16N2O. The van der Waals surface area contributed by atoms with Crippen LogP contribution in [0.2, 0.25) is 0 Å². The van der Waals surface area contributed by atoms with Gasteiger partial charge in [0, 0.05) is 0 Å². The summed E-state index contributed by atoms with van der Waals surface area (Å²) in [6, 6.07) is 18.0. The van der Waals surface area contributed by atoms with Crippen molar-refractivity contribution < 1.29 is 4.74 Å². The summed E-state index contributed by atoms with van der Waals surface area (Å²) in [5, 5.41) is 7.36. The molecule has 0 bridgehead atoms. The Kier molecular flexibility index (Phi) is 4.10. The first-order valence-electron chi connectivity index (χ1n) is 5.86. The van der Waals surface area contributed by atoms with Crippen LogP contribution in [0, 0.1) is 5.41 Å². The second-order valence-electron chi connectivity index (χ2n) is 4.04. The van der Waals surface area contributed by atoms with Gasteiger partial charge in [-0.1, -0.05) is 42.5 Å². The molecule has 0 saturated carbocycles. The molecule has 0 aliphatic rings. The Labute approximate surface area is 107 Å². The Hall–Kier alpha value is -2.13. The predicted octanol–water partition coefficient (Wildman–Crippen LogP) is 2.59. The Balaban J connectivity index is 2.02. The molecule has 0 saturated heterocycles. The third kappa shape index (κ3) is 3.43. The summed E-state index contributed by atoms with van der Waals surface area (Å²) in [6.07, 6.45) is 0.898. The lowest BCUT2D eigenvalue weighted by Crippen LogP contribution is -2.18. The standard InChI is InChI=1S/C15H16N2O/c16-11-15(17)18-14-8-6-13(7-9-14)10-12-4-2-1-3-5-12/h1-9,17H,10-11,16H2. The Bertz CT molecular complexity index is 506. The van der Waals surface area contributed by atoms with Gasteiger partial charge < -0.3 is 10.5 Å². The zero-order valence-corrected chi connectivity index (χ0v) is 10.1. The summed E-state index contributed by atoms with van der Waals surface area (Å²) in [4.78, 5) is 0. The third-order valence-electron chi connectivity index (χ3n) is 2.60. The van der Waals surface area contributed by atoms with E-state index in [1.807, 2.05) is 42.5 Å². The van der Waals surface area contributed by atoms with Gasteiger partial charge in [0.15, 0.2) is 0 Å². The highest BCUT2D eigenvalue weighted by Gasteiger charge is 1.99. The molecule has 0 aliphatic heterocycles. The molecule has 0 heterocycles. The summed E-state index contributed by atoms with van der Waals surface area (Å²) in [7, 11) is 0. The van der Waals surface area contributed by atoms with Crippen LogP contribution in [0.5, 0.6) is 5.75 Å². The van der Waals surface area contributed by atoms with Crippen LogP contribution < -0.4 is 10.5 Å². The minimum absolute atomic E-state index is 0.0748. The first kappa shape index (κ1) is 12.3. The van der Waals surface area contributed by atoms with Crippen LogP contribution in [0.1, 0.15) is 11.1 Å². The summed E-state index contributed by atoms with van der Waals surface area (Å²) < 4.78 is 5.23. The summed E-state index contributed by atoms with van der Waals surface area (Å²) in [5.74, 6) is 0.730. The first-order chi connectivity index (χ1) is 8.78. The number of rotatable bonds is 4. The van der Waals surface area contributed by atoms with E-state index in [1.54, 1.807) is 0 Å². The van der Waals surface area contributed by atoms with E-state index < -0.39 is 0 Å². The zero-order valence-electron chi connectivity index (χ0n) is 10.1. The van der Waals surface area contributed by atoms with Crippen molar-refractivity contribution in [1.82, 2.24) is 0 Å². The maximum Gasteiger partial charge on any atom is 0.201 e. The molecule has 0 unspecified atom stereocenters. The van der Waals surface area contributed by atoms with Crippen LogP contribution in [0.3, 0.4) is 0 Å². The van der Waals surface area contributed by atoms with Gasteiger partial charge in [-0.05, 0) is 29.7 Å². The van der Waals surface area contributed by atoms with Crippen molar-refractivity contribution in [2.75, 3.05) is 6.54 Å². The number of hydrogen-bond donors (Lipinski definition) is 2. The Morgan fingerprint density at radius 3 is 2.17 bits per heavy atom. The number of ether oxygens (including phenoxy) is 1. The summed E-state index contributed by atoms with van der Waals surface area (Å²) in [6.45, 7) is 0.117. The van der Waals surface area contributed by atoms with E-state index in [1.165, 1.54) is 11.1 Å². The molecule has 0 atom stereocenters. The molecule has 0 amide bonds. The predicted molar refractivity (Wildman–Crippen MR) is 73.1 cm³/mol. The molecule has 3 N–H and O–H groups in total. The van der Waals surface area contributed by atoms with Crippen molar-refractivity contribution in [3.05, 3.63) is 65.7 Å². The molecule has 2 aromatic carbocycles. The van der Waals surface area contributed by atoms with Gasteiger partial charge in [0.2, 0.25) is 5.90 Å². The molecular weight excluding hydrogens is 224 g/mol. The highest BCUT2D eigenvalue weighted by atomic mass is 16.5. The smallest absolute Gasteiger partial charge is 0.201 e. The highest BCUT2D eigenvalue weighted by Crippen LogP contribution is 2.15. The lowest BCUT2D eigenvalue weighted by atomic mass is 10.1. The fourth-order valence-corrected chi connectivity index (χ4v) is 1.69. The monoisotopic (exact) mass is 240 g/mol. The lowest BCUT2D eigenvalue weighted by molar-refractivity contribution is 0.535. The van der Waals surface area contributed by atoms with Gasteiger partial charge in [0.05, 0.1) is 6.54 Å². The molecule has 2 rings (SSSR count). The topological polar surface area (TPSA) is 59.1 Å². The largest absolute Gasteiger partial charge is 0.442 e. The highest BCUT2D eigenvalue weighted by molar-refractivity contribution is 5.77. The average molecular weight is 240 g/mol. The van der Waals surface area contributed by atoms with Crippen molar-refractivity contribution in [3.8, 4) is 5.75 Å². The minimum Gasteiger partial charge on any atom is -0.442 e. The van der Waals surface area contributed by atoms with Crippen LogP contribution in [0.25, 0.3) is 0 Å². The normalized spacial score (nSPS) is 10.1.